The number of nitrogens with zero attached hydrogens (tertiary/aromatic N) is 2. The monoisotopic (exact) mass is 263 g/mol. The molecule has 0 saturated carbocycles. The van der Waals surface area contributed by atoms with Gasteiger partial charge in [0.25, 0.3) is 0 Å². The predicted octanol–water partition coefficient (Wildman–Crippen LogP) is 1.31. The molecule has 3 rings (SSSR count). The maximum Gasteiger partial charge on any atom is 0.127 e. The number of piperazine rings is 1. The van der Waals surface area contributed by atoms with Gasteiger partial charge in [0, 0.05) is 57.4 Å². The zero-order valence-electron chi connectivity index (χ0n) is 11.3. The summed E-state index contributed by atoms with van der Waals surface area (Å²) in [6.07, 6.45) is 1.22. The molecular formula is C15H22FN3. The molecule has 2 fully saturated rings. The van der Waals surface area contributed by atoms with Gasteiger partial charge in [0.2, 0.25) is 0 Å². The average Bonchev–Trinajstić information content (AvgIpc) is 2.91. The van der Waals surface area contributed by atoms with Crippen LogP contribution in [0.1, 0.15) is 12.0 Å². The highest BCUT2D eigenvalue weighted by molar-refractivity contribution is 5.17. The Kier molecular flexibility index (Phi) is 4.11. The van der Waals surface area contributed by atoms with Gasteiger partial charge in [0.15, 0.2) is 0 Å². The molecule has 19 heavy (non-hydrogen) atoms. The van der Waals surface area contributed by atoms with Gasteiger partial charge >= 0.3 is 0 Å². The Morgan fingerprint density at radius 1 is 1.16 bits per heavy atom. The SMILES string of the molecule is Fc1ccccc1CN1CCC(N2CCNCC2)C1. The molecular weight excluding hydrogens is 241 g/mol. The van der Waals surface area contributed by atoms with Gasteiger partial charge in [0.05, 0.1) is 0 Å². The molecule has 0 amide bonds. The number of likely N-dealkylation sites (tertiary alicyclic amines) is 1. The van der Waals surface area contributed by atoms with E-state index in [0.717, 1.165) is 51.4 Å². The summed E-state index contributed by atoms with van der Waals surface area (Å²) in [5.41, 5.74) is 0.823. The van der Waals surface area contributed by atoms with E-state index in [4.69, 9.17) is 0 Å². The fourth-order valence-corrected chi connectivity index (χ4v) is 3.17. The Morgan fingerprint density at radius 2 is 1.95 bits per heavy atom. The maximum absolute atomic E-state index is 13.6. The molecule has 2 saturated heterocycles. The van der Waals surface area contributed by atoms with Crippen molar-refractivity contribution in [1.82, 2.24) is 15.1 Å². The summed E-state index contributed by atoms with van der Waals surface area (Å²) in [6.45, 7) is 7.41. The Hall–Kier alpha value is -0.970. The molecule has 104 valence electrons. The van der Waals surface area contributed by atoms with Crippen molar-refractivity contribution < 1.29 is 4.39 Å². The molecule has 4 heteroatoms. The zero-order valence-corrected chi connectivity index (χ0v) is 11.3. The smallest absolute Gasteiger partial charge is 0.127 e. The number of hydrogen-bond donors (Lipinski definition) is 1. The van der Waals surface area contributed by atoms with Gasteiger partial charge in [-0.15, -0.1) is 0 Å². The van der Waals surface area contributed by atoms with Gasteiger partial charge in [0.1, 0.15) is 5.82 Å². The molecule has 0 aliphatic carbocycles. The first-order valence-electron chi connectivity index (χ1n) is 7.23. The highest BCUT2D eigenvalue weighted by atomic mass is 19.1. The molecule has 2 aliphatic rings. The lowest BCUT2D eigenvalue weighted by Crippen LogP contribution is -2.49. The molecule has 0 spiro atoms. The second kappa shape index (κ2) is 5.99. The highest BCUT2D eigenvalue weighted by Gasteiger charge is 2.28. The third kappa shape index (κ3) is 3.14. The molecule has 1 aromatic carbocycles. The molecule has 1 atom stereocenters. The summed E-state index contributed by atoms with van der Waals surface area (Å²) >= 11 is 0. The second-order valence-electron chi connectivity index (χ2n) is 5.55. The minimum Gasteiger partial charge on any atom is -0.314 e. The van der Waals surface area contributed by atoms with Crippen molar-refractivity contribution in [2.45, 2.75) is 19.0 Å². The van der Waals surface area contributed by atoms with E-state index in [1.807, 2.05) is 12.1 Å². The van der Waals surface area contributed by atoms with Crippen LogP contribution in [0.4, 0.5) is 4.39 Å². The van der Waals surface area contributed by atoms with Crippen molar-refractivity contribution in [2.24, 2.45) is 0 Å². The molecule has 1 N–H and O–H groups in total. The van der Waals surface area contributed by atoms with Crippen LogP contribution in [0.15, 0.2) is 24.3 Å². The van der Waals surface area contributed by atoms with Crippen LogP contribution in [0.25, 0.3) is 0 Å². The lowest BCUT2D eigenvalue weighted by atomic mass is 10.2. The van der Waals surface area contributed by atoms with Gasteiger partial charge in [-0.25, -0.2) is 4.39 Å². The van der Waals surface area contributed by atoms with E-state index < -0.39 is 0 Å². The van der Waals surface area contributed by atoms with Gasteiger partial charge in [-0.3, -0.25) is 9.80 Å². The first-order valence-corrected chi connectivity index (χ1v) is 7.23. The molecule has 1 unspecified atom stereocenters. The minimum atomic E-state index is -0.0758. The summed E-state index contributed by atoms with van der Waals surface area (Å²) in [4.78, 5) is 4.96. The van der Waals surface area contributed by atoms with Crippen LogP contribution in [0.2, 0.25) is 0 Å². The fraction of sp³-hybridized carbons (Fsp3) is 0.600. The van der Waals surface area contributed by atoms with E-state index in [9.17, 15) is 4.39 Å². The standard InChI is InChI=1S/C15H22FN3/c16-15-4-2-1-3-13(15)11-18-8-5-14(12-18)19-9-6-17-7-10-19/h1-4,14,17H,5-12H2. The molecule has 0 radical (unpaired) electrons. The van der Waals surface area contributed by atoms with Crippen LogP contribution in [0, 0.1) is 5.82 Å². The maximum atomic E-state index is 13.6. The van der Waals surface area contributed by atoms with Crippen LogP contribution in [0.3, 0.4) is 0 Å². The second-order valence-corrected chi connectivity index (χ2v) is 5.55. The van der Waals surface area contributed by atoms with Crippen LogP contribution >= 0.6 is 0 Å². The average molecular weight is 263 g/mol. The quantitative estimate of drug-likeness (QED) is 0.887. The van der Waals surface area contributed by atoms with E-state index in [0.29, 0.717) is 6.04 Å². The van der Waals surface area contributed by atoms with Crippen LogP contribution in [-0.4, -0.2) is 55.1 Å². The number of hydrogen-bond acceptors (Lipinski definition) is 3. The lowest BCUT2D eigenvalue weighted by Gasteiger charge is -2.32. The third-order valence-electron chi connectivity index (χ3n) is 4.27. The van der Waals surface area contributed by atoms with Gasteiger partial charge in [-0.2, -0.15) is 0 Å². The normalized spacial score (nSPS) is 25.8. The predicted molar refractivity (Wildman–Crippen MR) is 74.5 cm³/mol. The molecule has 2 aliphatic heterocycles. The summed E-state index contributed by atoms with van der Waals surface area (Å²) in [6, 6.07) is 7.79. The third-order valence-corrected chi connectivity index (χ3v) is 4.27. The van der Waals surface area contributed by atoms with E-state index >= 15 is 0 Å². The van der Waals surface area contributed by atoms with Gasteiger partial charge < -0.3 is 5.32 Å². The van der Waals surface area contributed by atoms with Crippen LogP contribution in [-0.2, 0) is 6.54 Å². The lowest BCUT2D eigenvalue weighted by molar-refractivity contribution is 0.170. The number of nitrogens with one attached hydrogen (secondary N) is 1. The van der Waals surface area contributed by atoms with Crippen molar-refractivity contribution in [1.29, 1.82) is 0 Å². The Morgan fingerprint density at radius 3 is 2.74 bits per heavy atom. The van der Waals surface area contributed by atoms with Crippen LogP contribution < -0.4 is 5.32 Å². The van der Waals surface area contributed by atoms with E-state index in [1.165, 1.54) is 6.42 Å². The molecule has 0 aromatic heterocycles. The van der Waals surface area contributed by atoms with Gasteiger partial charge in [-0.1, -0.05) is 18.2 Å². The van der Waals surface area contributed by atoms with E-state index in [2.05, 4.69) is 15.1 Å². The molecule has 3 nitrogen and oxygen atoms in total. The van der Waals surface area contributed by atoms with Crippen LogP contribution in [0.5, 0.6) is 0 Å². The molecule has 0 bridgehead atoms. The Balaban J connectivity index is 1.55. The fourth-order valence-electron chi connectivity index (χ4n) is 3.17. The zero-order chi connectivity index (χ0) is 13.1. The number of benzene rings is 1. The van der Waals surface area contributed by atoms with Crippen molar-refractivity contribution in [3.05, 3.63) is 35.6 Å². The summed E-state index contributed by atoms with van der Waals surface area (Å²) in [5, 5.41) is 3.39. The Labute approximate surface area is 114 Å². The number of halogens is 1. The first kappa shape index (κ1) is 13.0. The highest BCUT2D eigenvalue weighted by Crippen LogP contribution is 2.19. The van der Waals surface area contributed by atoms with Crippen molar-refractivity contribution in [2.75, 3.05) is 39.3 Å². The van der Waals surface area contributed by atoms with E-state index in [1.54, 1.807) is 12.1 Å². The summed E-state index contributed by atoms with van der Waals surface area (Å²) in [5.74, 6) is -0.0758. The Bertz CT molecular complexity index is 418. The molecule has 1 aromatic rings. The van der Waals surface area contributed by atoms with Crippen molar-refractivity contribution in [3.8, 4) is 0 Å². The summed E-state index contributed by atoms with van der Waals surface area (Å²) < 4.78 is 13.6. The minimum absolute atomic E-state index is 0.0758. The number of rotatable bonds is 3. The van der Waals surface area contributed by atoms with Gasteiger partial charge in [-0.05, 0) is 12.5 Å². The molecule has 2 heterocycles. The van der Waals surface area contributed by atoms with Crippen molar-refractivity contribution >= 4 is 0 Å². The van der Waals surface area contributed by atoms with E-state index in [-0.39, 0.29) is 5.82 Å². The first-order chi connectivity index (χ1) is 9.33. The topological polar surface area (TPSA) is 18.5 Å². The summed E-state index contributed by atoms with van der Waals surface area (Å²) in [7, 11) is 0. The largest absolute Gasteiger partial charge is 0.314 e. The van der Waals surface area contributed by atoms with Crippen molar-refractivity contribution in [3.63, 3.8) is 0 Å².